The summed E-state index contributed by atoms with van der Waals surface area (Å²) in [6.07, 6.45) is 0. The quantitative estimate of drug-likeness (QED) is 0.186. The van der Waals surface area contributed by atoms with Gasteiger partial charge in [-0.05, 0) is 74.1 Å². The molecule has 4 nitrogen and oxygen atoms in total. The fraction of sp³-hybridized carbons (Fsp3) is 0. The summed E-state index contributed by atoms with van der Waals surface area (Å²) in [5.41, 5.74) is 9.04. The largest absolute Gasteiger partial charge is 0.456 e. The Hall–Kier alpha value is -6.91. The maximum Gasteiger partial charge on any atom is 0.164 e. The summed E-state index contributed by atoms with van der Waals surface area (Å²) in [7, 11) is 0. The second kappa shape index (κ2) is 11.9. The topological polar surface area (TPSA) is 51.8 Å². The van der Waals surface area contributed by atoms with Crippen LogP contribution in [0.1, 0.15) is 0 Å². The highest BCUT2D eigenvalue weighted by Crippen LogP contribution is 2.39. The van der Waals surface area contributed by atoms with Gasteiger partial charge < -0.3 is 4.42 Å². The van der Waals surface area contributed by atoms with Gasteiger partial charge in [-0.25, -0.2) is 15.0 Å². The Morgan fingerprint density at radius 3 is 1.75 bits per heavy atom. The number of hydrogen-bond acceptors (Lipinski definition) is 4. The van der Waals surface area contributed by atoms with Crippen molar-refractivity contribution in [2.45, 2.75) is 0 Å². The maximum atomic E-state index is 6.23. The summed E-state index contributed by atoms with van der Waals surface area (Å²) in [5, 5.41) is 6.91. The monoisotopic (exact) mass is 651 g/mol. The lowest BCUT2D eigenvalue weighted by Crippen LogP contribution is -2.00. The molecule has 238 valence electrons. The molecule has 0 N–H and O–H groups in total. The SMILES string of the molecule is c1ccc(-c2nc(-c3cccc(-c4cc(-c5cccc6ccccc56)c5ccccc5c4)c3)nc(-c3cccc4oc5ccccc5c34)n2)cc1. The number of nitrogens with zero attached hydrogens (tertiary/aromatic N) is 3. The molecule has 0 fully saturated rings. The molecule has 0 unspecified atom stereocenters. The second-order valence-electron chi connectivity index (χ2n) is 12.8. The van der Waals surface area contributed by atoms with Crippen LogP contribution in [0.2, 0.25) is 0 Å². The van der Waals surface area contributed by atoms with Crippen LogP contribution >= 0.6 is 0 Å². The van der Waals surface area contributed by atoms with Gasteiger partial charge in [-0.1, -0.05) is 146 Å². The van der Waals surface area contributed by atoms with Crippen LogP contribution in [0.15, 0.2) is 180 Å². The Kier molecular flexibility index (Phi) is 6.78. The van der Waals surface area contributed by atoms with Gasteiger partial charge in [-0.15, -0.1) is 0 Å². The van der Waals surface area contributed by atoms with Gasteiger partial charge in [0.1, 0.15) is 11.2 Å². The molecule has 10 aromatic rings. The molecule has 8 aromatic carbocycles. The number of furan rings is 1. The molecule has 4 heteroatoms. The number of para-hydroxylation sites is 1. The number of hydrogen-bond donors (Lipinski definition) is 0. The Bertz CT molecular complexity index is 2920. The molecule has 0 atom stereocenters. The molecule has 0 saturated carbocycles. The third-order valence-corrected chi connectivity index (χ3v) is 9.71. The highest BCUT2D eigenvalue weighted by molar-refractivity contribution is 6.12. The van der Waals surface area contributed by atoms with E-state index in [1.54, 1.807) is 0 Å². The summed E-state index contributed by atoms with van der Waals surface area (Å²) >= 11 is 0. The first-order valence-electron chi connectivity index (χ1n) is 17.1. The molecular formula is C47H29N3O. The minimum absolute atomic E-state index is 0.602. The van der Waals surface area contributed by atoms with E-state index < -0.39 is 0 Å². The van der Waals surface area contributed by atoms with Crippen molar-refractivity contribution < 1.29 is 4.42 Å². The fourth-order valence-electron chi connectivity index (χ4n) is 7.30. The normalized spacial score (nSPS) is 11.5. The predicted molar refractivity (Wildman–Crippen MR) is 209 cm³/mol. The van der Waals surface area contributed by atoms with E-state index in [9.17, 15) is 0 Å². The summed E-state index contributed by atoms with van der Waals surface area (Å²) in [4.78, 5) is 15.3. The number of aromatic nitrogens is 3. The van der Waals surface area contributed by atoms with Gasteiger partial charge in [-0.3, -0.25) is 0 Å². The molecule has 0 saturated heterocycles. The van der Waals surface area contributed by atoms with Crippen LogP contribution in [-0.2, 0) is 0 Å². The third-order valence-electron chi connectivity index (χ3n) is 9.71. The van der Waals surface area contributed by atoms with Gasteiger partial charge in [0.2, 0.25) is 0 Å². The predicted octanol–water partition coefficient (Wildman–Crippen LogP) is 12.4. The molecule has 0 amide bonds. The molecule has 0 radical (unpaired) electrons. The summed E-state index contributed by atoms with van der Waals surface area (Å²) in [6.45, 7) is 0. The van der Waals surface area contributed by atoms with E-state index in [0.29, 0.717) is 17.5 Å². The lowest BCUT2D eigenvalue weighted by molar-refractivity contribution is 0.669. The molecule has 2 heterocycles. The molecular weight excluding hydrogens is 623 g/mol. The van der Waals surface area contributed by atoms with Gasteiger partial charge in [0.05, 0.1) is 0 Å². The smallest absolute Gasteiger partial charge is 0.164 e. The van der Waals surface area contributed by atoms with Crippen molar-refractivity contribution in [2.24, 2.45) is 0 Å². The molecule has 51 heavy (non-hydrogen) atoms. The van der Waals surface area contributed by atoms with E-state index in [4.69, 9.17) is 19.4 Å². The fourth-order valence-corrected chi connectivity index (χ4v) is 7.30. The minimum Gasteiger partial charge on any atom is -0.456 e. The molecule has 0 aliphatic carbocycles. The maximum absolute atomic E-state index is 6.23. The van der Waals surface area contributed by atoms with Crippen molar-refractivity contribution in [3.05, 3.63) is 176 Å². The van der Waals surface area contributed by atoms with Gasteiger partial charge in [-0.2, -0.15) is 0 Å². The van der Waals surface area contributed by atoms with E-state index in [1.165, 1.54) is 32.7 Å². The Morgan fingerprint density at radius 1 is 0.314 bits per heavy atom. The zero-order valence-corrected chi connectivity index (χ0v) is 27.5. The van der Waals surface area contributed by atoms with E-state index in [-0.39, 0.29) is 0 Å². The van der Waals surface area contributed by atoms with Gasteiger partial charge in [0.25, 0.3) is 0 Å². The highest BCUT2D eigenvalue weighted by Gasteiger charge is 2.18. The van der Waals surface area contributed by atoms with Crippen LogP contribution in [0, 0.1) is 0 Å². The summed E-state index contributed by atoms with van der Waals surface area (Å²) in [5.74, 6) is 1.83. The van der Waals surface area contributed by atoms with E-state index in [2.05, 4.69) is 115 Å². The van der Waals surface area contributed by atoms with Gasteiger partial charge in [0, 0.05) is 27.5 Å². The van der Waals surface area contributed by atoms with Crippen molar-refractivity contribution in [3.8, 4) is 56.4 Å². The lowest BCUT2D eigenvalue weighted by Gasteiger charge is -2.14. The Balaban J connectivity index is 1.16. The zero-order chi connectivity index (χ0) is 33.7. The minimum atomic E-state index is 0.602. The Morgan fingerprint density at radius 2 is 0.882 bits per heavy atom. The first kappa shape index (κ1) is 29.0. The third kappa shape index (κ3) is 5.04. The standard InChI is InChI=1S/C47H29N3O/c1-2-14-31(15-3-1)45-48-46(50-47(49-45)40-24-12-26-43-44(40)39-22-8-9-25-42(39)51-43)34-19-10-18-32(27-34)35-28-33-16-5-7-21-37(33)41(29-35)38-23-11-17-30-13-4-6-20-36(30)38/h1-29H. The van der Waals surface area contributed by atoms with Gasteiger partial charge >= 0.3 is 0 Å². The van der Waals surface area contributed by atoms with Crippen LogP contribution in [0.25, 0.3) is 99.9 Å². The molecule has 0 aliphatic rings. The summed E-state index contributed by atoms with van der Waals surface area (Å²) < 4.78 is 6.23. The average molecular weight is 652 g/mol. The zero-order valence-electron chi connectivity index (χ0n) is 27.5. The average Bonchev–Trinajstić information content (AvgIpc) is 3.59. The summed E-state index contributed by atoms with van der Waals surface area (Å²) in [6, 6.07) is 61.2. The van der Waals surface area contributed by atoms with E-state index >= 15 is 0 Å². The van der Waals surface area contributed by atoms with Crippen molar-refractivity contribution in [1.82, 2.24) is 15.0 Å². The van der Waals surface area contributed by atoms with Crippen LogP contribution < -0.4 is 0 Å². The number of benzene rings is 8. The second-order valence-corrected chi connectivity index (χ2v) is 12.8. The van der Waals surface area contributed by atoms with Crippen LogP contribution in [-0.4, -0.2) is 15.0 Å². The van der Waals surface area contributed by atoms with Crippen LogP contribution in [0.4, 0.5) is 0 Å². The Labute approximate surface area is 294 Å². The molecule has 0 bridgehead atoms. The van der Waals surface area contributed by atoms with Crippen LogP contribution in [0.5, 0.6) is 0 Å². The molecule has 0 aliphatic heterocycles. The van der Waals surface area contributed by atoms with Crippen molar-refractivity contribution >= 4 is 43.5 Å². The molecule has 0 spiro atoms. The first-order valence-corrected chi connectivity index (χ1v) is 17.1. The van der Waals surface area contributed by atoms with Crippen molar-refractivity contribution in [3.63, 3.8) is 0 Å². The highest BCUT2D eigenvalue weighted by atomic mass is 16.3. The number of rotatable bonds is 5. The number of fused-ring (bicyclic) bond motifs is 5. The van der Waals surface area contributed by atoms with Crippen LogP contribution in [0.3, 0.4) is 0 Å². The first-order chi connectivity index (χ1) is 25.3. The lowest BCUT2D eigenvalue weighted by atomic mass is 9.90. The van der Waals surface area contributed by atoms with Crippen molar-refractivity contribution in [1.29, 1.82) is 0 Å². The van der Waals surface area contributed by atoms with E-state index in [1.807, 2.05) is 60.7 Å². The van der Waals surface area contributed by atoms with Crippen molar-refractivity contribution in [2.75, 3.05) is 0 Å². The molecule has 2 aromatic heterocycles. The molecule has 10 rings (SSSR count). The van der Waals surface area contributed by atoms with Gasteiger partial charge in [0.15, 0.2) is 17.5 Å². The van der Waals surface area contributed by atoms with E-state index in [0.717, 1.165) is 49.8 Å².